The van der Waals surface area contributed by atoms with Gasteiger partial charge in [-0.3, -0.25) is 0 Å². The maximum absolute atomic E-state index is 9.01. The van der Waals surface area contributed by atoms with Crippen LogP contribution in [0.4, 0.5) is 11.4 Å². The summed E-state index contributed by atoms with van der Waals surface area (Å²) in [5.74, 6) is 0. The SMILES string of the molecule is OCC[n+]1ccc(CCCN2c3ccccc3Sc3ccccc32)cc1. The van der Waals surface area contributed by atoms with Crippen LogP contribution in [0.2, 0.25) is 0 Å². The van der Waals surface area contributed by atoms with Gasteiger partial charge in [0, 0.05) is 28.5 Å². The Kier molecular flexibility index (Phi) is 5.23. The Morgan fingerprint density at radius 3 is 2.08 bits per heavy atom. The van der Waals surface area contributed by atoms with Gasteiger partial charge in [-0.15, -0.1) is 0 Å². The number of rotatable bonds is 6. The fraction of sp³-hybridized carbons (Fsp3) is 0.227. The van der Waals surface area contributed by atoms with Crippen LogP contribution in [-0.2, 0) is 13.0 Å². The molecule has 0 fully saturated rings. The Hall–Kier alpha value is -2.30. The van der Waals surface area contributed by atoms with Crippen molar-refractivity contribution in [3.63, 3.8) is 0 Å². The minimum atomic E-state index is 0.176. The zero-order valence-corrected chi connectivity index (χ0v) is 15.5. The highest BCUT2D eigenvalue weighted by molar-refractivity contribution is 7.99. The Morgan fingerprint density at radius 2 is 1.46 bits per heavy atom. The molecular weight excluding hydrogens is 340 g/mol. The number of pyridine rings is 1. The number of aromatic nitrogens is 1. The number of anilines is 2. The molecule has 2 aromatic carbocycles. The van der Waals surface area contributed by atoms with E-state index in [9.17, 15) is 0 Å². The Bertz CT molecular complexity index is 834. The van der Waals surface area contributed by atoms with E-state index < -0.39 is 0 Å². The molecule has 0 atom stereocenters. The minimum Gasteiger partial charge on any atom is -0.390 e. The van der Waals surface area contributed by atoms with E-state index >= 15 is 0 Å². The molecule has 3 aromatic rings. The molecule has 3 nitrogen and oxygen atoms in total. The zero-order chi connectivity index (χ0) is 17.8. The van der Waals surface area contributed by atoms with E-state index in [-0.39, 0.29) is 6.61 Å². The lowest BCUT2D eigenvalue weighted by Gasteiger charge is -2.32. The first kappa shape index (κ1) is 17.1. The average molecular weight is 364 g/mol. The largest absolute Gasteiger partial charge is 0.390 e. The van der Waals surface area contributed by atoms with E-state index in [1.807, 2.05) is 28.7 Å². The first-order chi connectivity index (χ1) is 12.8. The summed E-state index contributed by atoms with van der Waals surface area (Å²) in [6.07, 6.45) is 6.24. The predicted octanol–water partition coefficient (Wildman–Crippen LogP) is 4.20. The van der Waals surface area contributed by atoms with Crippen LogP contribution >= 0.6 is 11.8 Å². The fourth-order valence-electron chi connectivity index (χ4n) is 3.38. The second kappa shape index (κ2) is 7.94. The molecule has 4 rings (SSSR count). The number of aliphatic hydroxyl groups is 1. The molecule has 26 heavy (non-hydrogen) atoms. The molecule has 0 bridgehead atoms. The van der Waals surface area contributed by atoms with Gasteiger partial charge >= 0.3 is 0 Å². The van der Waals surface area contributed by atoms with Crippen molar-refractivity contribution in [3.8, 4) is 0 Å². The van der Waals surface area contributed by atoms with Crippen LogP contribution in [0.25, 0.3) is 0 Å². The number of fused-ring (bicyclic) bond motifs is 2. The molecule has 0 amide bonds. The van der Waals surface area contributed by atoms with Crippen LogP contribution < -0.4 is 9.47 Å². The molecule has 0 saturated heterocycles. The van der Waals surface area contributed by atoms with Gasteiger partial charge in [-0.05, 0) is 42.7 Å². The molecule has 0 spiro atoms. The molecule has 1 aromatic heterocycles. The monoisotopic (exact) mass is 363 g/mol. The Balaban J connectivity index is 1.48. The van der Waals surface area contributed by atoms with Crippen LogP contribution in [0, 0.1) is 0 Å². The quantitative estimate of drug-likeness (QED) is 0.665. The van der Waals surface area contributed by atoms with Gasteiger partial charge in [0.15, 0.2) is 18.9 Å². The summed E-state index contributed by atoms with van der Waals surface area (Å²) in [5.41, 5.74) is 3.96. The molecule has 1 aliphatic rings. The maximum atomic E-state index is 9.01. The lowest BCUT2D eigenvalue weighted by molar-refractivity contribution is -0.698. The van der Waals surface area contributed by atoms with Crippen molar-refractivity contribution in [1.29, 1.82) is 0 Å². The second-order valence-electron chi connectivity index (χ2n) is 6.46. The van der Waals surface area contributed by atoms with E-state index in [4.69, 9.17) is 5.11 Å². The smallest absolute Gasteiger partial charge is 0.171 e. The summed E-state index contributed by atoms with van der Waals surface area (Å²) in [5, 5.41) is 9.01. The third-order valence-corrected chi connectivity index (χ3v) is 5.83. The first-order valence-corrected chi connectivity index (χ1v) is 9.89. The van der Waals surface area contributed by atoms with Gasteiger partial charge in [0.1, 0.15) is 6.61 Å². The summed E-state index contributed by atoms with van der Waals surface area (Å²) in [7, 11) is 0. The number of hydrogen-bond donors (Lipinski definition) is 1. The first-order valence-electron chi connectivity index (χ1n) is 9.07. The number of aryl methyl sites for hydroxylation is 1. The topological polar surface area (TPSA) is 27.4 Å². The van der Waals surface area contributed by atoms with Crippen molar-refractivity contribution in [2.75, 3.05) is 18.1 Å². The highest BCUT2D eigenvalue weighted by atomic mass is 32.2. The zero-order valence-electron chi connectivity index (χ0n) is 14.7. The average Bonchev–Trinajstić information content (AvgIpc) is 2.69. The van der Waals surface area contributed by atoms with Crippen LogP contribution in [0.15, 0.2) is 82.8 Å². The van der Waals surface area contributed by atoms with Crippen LogP contribution in [-0.4, -0.2) is 18.3 Å². The summed E-state index contributed by atoms with van der Waals surface area (Å²) >= 11 is 1.86. The third-order valence-electron chi connectivity index (χ3n) is 4.70. The molecular formula is C22H23N2OS+. The molecule has 2 heterocycles. The van der Waals surface area contributed by atoms with Crippen molar-refractivity contribution in [1.82, 2.24) is 0 Å². The molecule has 1 aliphatic heterocycles. The molecule has 1 N–H and O–H groups in total. The summed E-state index contributed by atoms with van der Waals surface area (Å²) < 4.78 is 2.01. The highest BCUT2D eigenvalue weighted by Gasteiger charge is 2.22. The lowest BCUT2D eigenvalue weighted by atomic mass is 10.1. The van der Waals surface area contributed by atoms with Gasteiger partial charge in [-0.2, -0.15) is 0 Å². The normalized spacial score (nSPS) is 12.6. The van der Waals surface area contributed by atoms with Gasteiger partial charge in [0.2, 0.25) is 0 Å². The number of para-hydroxylation sites is 2. The highest BCUT2D eigenvalue weighted by Crippen LogP contribution is 2.47. The van der Waals surface area contributed by atoms with E-state index in [0.717, 1.165) is 19.4 Å². The molecule has 4 heteroatoms. The van der Waals surface area contributed by atoms with Crippen molar-refractivity contribution >= 4 is 23.1 Å². The van der Waals surface area contributed by atoms with Crippen LogP contribution in [0.1, 0.15) is 12.0 Å². The number of nitrogens with zero attached hydrogens (tertiary/aromatic N) is 2. The summed E-state index contributed by atoms with van der Waals surface area (Å²) in [6.45, 7) is 1.83. The van der Waals surface area contributed by atoms with Crippen molar-refractivity contribution in [2.24, 2.45) is 0 Å². The summed E-state index contributed by atoms with van der Waals surface area (Å²) in [6, 6.07) is 21.6. The standard InChI is InChI=1S/C22H23N2OS/c25-17-16-23-14-11-18(12-15-23)6-5-13-24-19-7-1-3-9-21(19)26-22-10-4-2-8-20(22)24/h1-4,7-12,14-15,25H,5-6,13,16-17H2/q+1. The Labute approximate surface area is 158 Å². The van der Waals surface area contributed by atoms with E-state index in [2.05, 4.69) is 65.6 Å². The predicted molar refractivity (Wildman–Crippen MR) is 106 cm³/mol. The number of aliphatic hydroxyl groups excluding tert-OH is 1. The summed E-state index contributed by atoms with van der Waals surface area (Å²) in [4.78, 5) is 5.11. The van der Waals surface area contributed by atoms with Gasteiger partial charge in [0.25, 0.3) is 0 Å². The molecule has 0 saturated carbocycles. The fourth-order valence-corrected chi connectivity index (χ4v) is 4.48. The van der Waals surface area contributed by atoms with E-state index in [1.165, 1.54) is 26.7 Å². The Morgan fingerprint density at radius 1 is 0.846 bits per heavy atom. The lowest BCUT2D eigenvalue weighted by Crippen LogP contribution is -2.34. The van der Waals surface area contributed by atoms with Gasteiger partial charge < -0.3 is 10.0 Å². The maximum Gasteiger partial charge on any atom is 0.171 e. The van der Waals surface area contributed by atoms with Gasteiger partial charge in [0.05, 0.1) is 11.4 Å². The van der Waals surface area contributed by atoms with E-state index in [0.29, 0.717) is 6.54 Å². The molecule has 0 aliphatic carbocycles. The third kappa shape index (κ3) is 3.62. The minimum absolute atomic E-state index is 0.176. The van der Waals surface area contributed by atoms with Crippen molar-refractivity contribution in [2.45, 2.75) is 29.2 Å². The molecule has 0 unspecified atom stereocenters. The second-order valence-corrected chi connectivity index (χ2v) is 7.54. The molecule has 0 radical (unpaired) electrons. The van der Waals surface area contributed by atoms with Crippen molar-refractivity contribution < 1.29 is 9.67 Å². The van der Waals surface area contributed by atoms with Gasteiger partial charge in [-0.25, -0.2) is 4.57 Å². The van der Waals surface area contributed by atoms with Gasteiger partial charge in [-0.1, -0.05) is 36.0 Å². The number of hydrogen-bond acceptors (Lipinski definition) is 3. The van der Waals surface area contributed by atoms with E-state index in [1.54, 1.807) is 0 Å². The van der Waals surface area contributed by atoms with Crippen LogP contribution in [0.5, 0.6) is 0 Å². The van der Waals surface area contributed by atoms with Crippen LogP contribution in [0.3, 0.4) is 0 Å². The van der Waals surface area contributed by atoms with Crippen molar-refractivity contribution in [3.05, 3.63) is 78.6 Å². The molecule has 132 valence electrons. The number of benzene rings is 2.